The molecule has 0 aliphatic heterocycles. The van der Waals surface area contributed by atoms with Crippen LogP contribution in [0.5, 0.6) is 0 Å². The molecule has 1 N–H and O–H groups in total. The molecule has 0 saturated heterocycles. The van der Waals surface area contributed by atoms with Gasteiger partial charge in [0.2, 0.25) is 0 Å². The molecule has 0 spiro atoms. The molecule has 0 saturated carbocycles. The van der Waals surface area contributed by atoms with Gasteiger partial charge in [-0.05, 0) is 54.8 Å². The number of nitrogens with zero attached hydrogens (tertiary/aromatic N) is 2. The van der Waals surface area contributed by atoms with E-state index in [0.717, 1.165) is 23.5 Å². The number of nitrogens with one attached hydrogen (secondary N) is 1. The molecule has 0 radical (unpaired) electrons. The highest BCUT2D eigenvalue weighted by molar-refractivity contribution is 7.73. The van der Waals surface area contributed by atoms with Gasteiger partial charge >= 0.3 is 6.18 Å². The zero-order valence-electron chi connectivity index (χ0n) is 13.9. The number of benzene rings is 2. The van der Waals surface area contributed by atoms with Crippen LogP contribution in [0.25, 0.3) is 21.7 Å². The monoisotopic (exact) mass is 437 g/mol. The van der Waals surface area contributed by atoms with E-state index in [-0.39, 0.29) is 30.3 Å². The minimum absolute atomic E-state index is 0.122. The highest BCUT2D eigenvalue weighted by atomic mass is 32.1. The molecule has 142 valence electrons. The third-order valence-electron chi connectivity index (χ3n) is 4.08. The Hall–Kier alpha value is -2.56. The van der Waals surface area contributed by atoms with E-state index in [9.17, 15) is 18.0 Å². The van der Waals surface area contributed by atoms with Crippen LogP contribution >= 0.6 is 35.8 Å². The van der Waals surface area contributed by atoms with Crippen LogP contribution in [-0.2, 0) is 6.18 Å². The molecule has 0 aliphatic rings. The SMILES string of the molecule is O=c1c2sc(=S)n(-c3cccc(C(F)(F)F)c3)c2[nH]c(=S)n1-c1ccccc1. The summed E-state index contributed by atoms with van der Waals surface area (Å²) in [5.74, 6) is 0. The molecule has 0 aliphatic carbocycles. The van der Waals surface area contributed by atoms with Crippen LogP contribution < -0.4 is 5.56 Å². The zero-order chi connectivity index (χ0) is 20.1. The van der Waals surface area contributed by atoms with Gasteiger partial charge < -0.3 is 4.98 Å². The van der Waals surface area contributed by atoms with Crippen molar-refractivity contribution in [2.75, 3.05) is 0 Å². The fourth-order valence-corrected chi connectivity index (χ4v) is 4.46. The molecule has 4 rings (SSSR count). The summed E-state index contributed by atoms with van der Waals surface area (Å²) in [6, 6.07) is 13.6. The molecule has 4 nitrogen and oxygen atoms in total. The Labute approximate surface area is 170 Å². The van der Waals surface area contributed by atoms with Crippen LogP contribution in [0.3, 0.4) is 0 Å². The number of aromatic amines is 1. The van der Waals surface area contributed by atoms with Gasteiger partial charge in [0, 0.05) is 5.69 Å². The van der Waals surface area contributed by atoms with Gasteiger partial charge in [-0.2, -0.15) is 13.2 Å². The molecule has 28 heavy (non-hydrogen) atoms. The second kappa shape index (κ2) is 6.80. The number of hydrogen-bond acceptors (Lipinski definition) is 4. The van der Waals surface area contributed by atoms with Gasteiger partial charge in [0.25, 0.3) is 5.56 Å². The molecule has 0 amide bonds. The molecule has 2 aromatic carbocycles. The number of thiazole rings is 1. The number of fused-ring (bicyclic) bond motifs is 1. The van der Waals surface area contributed by atoms with Crippen molar-refractivity contribution in [1.82, 2.24) is 14.1 Å². The Morgan fingerprint density at radius 3 is 2.29 bits per heavy atom. The highest BCUT2D eigenvalue weighted by Gasteiger charge is 2.30. The molecule has 0 fully saturated rings. The number of hydrogen-bond donors (Lipinski definition) is 1. The van der Waals surface area contributed by atoms with Gasteiger partial charge in [0.1, 0.15) is 10.3 Å². The fraction of sp³-hybridized carbons (Fsp3) is 0.0556. The van der Waals surface area contributed by atoms with Crippen molar-refractivity contribution < 1.29 is 13.2 Å². The average molecular weight is 437 g/mol. The summed E-state index contributed by atoms with van der Waals surface area (Å²) in [4.78, 5) is 16.0. The van der Waals surface area contributed by atoms with Crippen molar-refractivity contribution >= 4 is 46.1 Å². The molecule has 0 bridgehead atoms. The molecule has 10 heteroatoms. The van der Waals surface area contributed by atoms with E-state index in [4.69, 9.17) is 24.4 Å². The van der Waals surface area contributed by atoms with Crippen LogP contribution in [0.15, 0.2) is 59.4 Å². The molecule has 0 unspecified atom stereocenters. The van der Waals surface area contributed by atoms with Crippen LogP contribution in [0.1, 0.15) is 5.56 Å². The van der Waals surface area contributed by atoms with Crippen LogP contribution in [0.2, 0.25) is 0 Å². The summed E-state index contributed by atoms with van der Waals surface area (Å²) in [7, 11) is 0. The Bertz CT molecular complexity index is 1360. The summed E-state index contributed by atoms with van der Waals surface area (Å²) < 4.78 is 42.6. The number of para-hydroxylation sites is 1. The third-order valence-corrected chi connectivity index (χ3v) is 5.73. The van der Waals surface area contributed by atoms with Crippen molar-refractivity contribution in [2.45, 2.75) is 6.18 Å². The van der Waals surface area contributed by atoms with Crippen LogP contribution in [0.4, 0.5) is 13.2 Å². The first-order valence-corrected chi connectivity index (χ1v) is 9.54. The van der Waals surface area contributed by atoms with E-state index >= 15 is 0 Å². The first-order valence-electron chi connectivity index (χ1n) is 7.91. The van der Waals surface area contributed by atoms with Gasteiger partial charge in [-0.3, -0.25) is 13.9 Å². The number of alkyl halides is 3. The molecule has 2 aromatic heterocycles. The molecule has 4 aromatic rings. The smallest absolute Gasteiger partial charge is 0.316 e. The predicted molar refractivity (Wildman–Crippen MR) is 108 cm³/mol. The summed E-state index contributed by atoms with van der Waals surface area (Å²) in [6.07, 6.45) is -4.49. The van der Waals surface area contributed by atoms with Crippen LogP contribution in [0, 0.1) is 8.73 Å². The fourth-order valence-electron chi connectivity index (χ4n) is 2.85. The van der Waals surface area contributed by atoms with Gasteiger partial charge in [0.15, 0.2) is 8.73 Å². The van der Waals surface area contributed by atoms with Gasteiger partial charge in [0.05, 0.1) is 11.3 Å². The average Bonchev–Trinajstić information content (AvgIpc) is 2.98. The Morgan fingerprint density at radius 2 is 1.61 bits per heavy atom. The number of rotatable bonds is 2. The minimum atomic E-state index is -4.49. The topological polar surface area (TPSA) is 42.7 Å². The Kier molecular flexibility index (Phi) is 4.56. The minimum Gasteiger partial charge on any atom is -0.316 e. The van der Waals surface area contributed by atoms with Gasteiger partial charge in [-0.25, -0.2) is 0 Å². The van der Waals surface area contributed by atoms with E-state index in [1.165, 1.54) is 21.3 Å². The predicted octanol–water partition coefficient (Wildman–Crippen LogP) is 5.65. The summed E-state index contributed by atoms with van der Waals surface area (Å²) in [6.45, 7) is 0. The lowest BCUT2D eigenvalue weighted by atomic mass is 10.2. The Balaban J connectivity index is 2.02. The van der Waals surface area contributed by atoms with Gasteiger partial charge in [-0.15, -0.1) is 0 Å². The van der Waals surface area contributed by atoms with Crippen molar-refractivity contribution in [3.8, 4) is 11.4 Å². The lowest BCUT2D eigenvalue weighted by molar-refractivity contribution is -0.137. The second-order valence-electron chi connectivity index (χ2n) is 5.84. The standard InChI is InChI=1S/C18H10F3N3OS3/c19-18(20,21)10-5-4-8-12(9-10)23-14-13(28-17(23)27)15(25)24(16(26)22-14)11-6-2-1-3-7-11/h1-9H,(H,22,26). The molecular weight excluding hydrogens is 427 g/mol. The van der Waals surface area contributed by atoms with E-state index in [2.05, 4.69) is 4.98 Å². The van der Waals surface area contributed by atoms with Gasteiger partial charge in [-0.1, -0.05) is 35.6 Å². The second-order valence-corrected chi connectivity index (χ2v) is 7.87. The Morgan fingerprint density at radius 1 is 0.929 bits per heavy atom. The van der Waals surface area contributed by atoms with E-state index in [1.54, 1.807) is 24.3 Å². The van der Waals surface area contributed by atoms with Crippen LogP contribution in [-0.4, -0.2) is 14.1 Å². The van der Waals surface area contributed by atoms with Crippen molar-refractivity contribution in [2.24, 2.45) is 0 Å². The first kappa shape index (κ1) is 18.8. The maximum absolute atomic E-state index is 13.1. The van der Waals surface area contributed by atoms with E-state index in [0.29, 0.717) is 5.69 Å². The molecule has 0 atom stereocenters. The van der Waals surface area contributed by atoms with E-state index in [1.807, 2.05) is 6.07 Å². The highest BCUT2D eigenvalue weighted by Crippen LogP contribution is 2.31. The number of halogens is 3. The number of aromatic nitrogens is 3. The van der Waals surface area contributed by atoms with Crippen molar-refractivity contribution in [3.05, 3.63) is 79.2 Å². The maximum Gasteiger partial charge on any atom is 0.416 e. The quantitative estimate of drug-likeness (QED) is 0.412. The third kappa shape index (κ3) is 3.13. The lowest BCUT2D eigenvalue weighted by Crippen LogP contribution is -2.20. The lowest BCUT2D eigenvalue weighted by Gasteiger charge is -2.11. The first-order chi connectivity index (χ1) is 13.3. The van der Waals surface area contributed by atoms with E-state index < -0.39 is 11.7 Å². The normalized spacial score (nSPS) is 11.8. The molecule has 2 heterocycles. The van der Waals surface area contributed by atoms with Crippen molar-refractivity contribution in [1.29, 1.82) is 0 Å². The largest absolute Gasteiger partial charge is 0.416 e. The summed E-state index contributed by atoms with van der Waals surface area (Å²) >= 11 is 11.7. The number of H-pyrrole nitrogens is 1. The summed E-state index contributed by atoms with van der Waals surface area (Å²) in [5, 5.41) is 0. The molecular formula is C18H10F3N3OS3. The summed E-state index contributed by atoms with van der Waals surface area (Å²) in [5.41, 5.74) is -0.125. The zero-order valence-corrected chi connectivity index (χ0v) is 16.3. The van der Waals surface area contributed by atoms with Crippen molar-refractivity contribution in [3.63, 3.8) is 0 Å². The maximum atomic E-state index is 13.1.